The zero-order valence-electron chi connectivity index (χ0n) is 70.6. The van der Waals surface area contributed by atoms with Gasteiger partial charge in [-0.25, -0.2) is 0 Å². The van der Waals surface area contributed by atoms with Crippen molar-refractivity contribution in [2.75, 3.05) is 0 Å². The molecule has 0 unspecified atom stereocenters. The number of hydrogen-bond acceptors (Lipinski definition) is 10. The maximum absolute atomic E-state index is 15.3. The molecule has 16 nitrogen and oxygen atoms in total. The molecule has 0 fully saturated rings. The first-order chi connectivity index (χ1) is 65.5. The Labute approximate surface area is 772 Å². The summed E-state index contributed by atoms with van der Waals surface area (Å²) in [5.41, 5.74) is -9.48. The van der Waals surface area contributed by atoms with E-state index < -0.39 is 202 Å². The third-order valence-electron chi connectivity index (χ3n) is 23.2. The molecule has 0 aliphatic heterocycles. The van der Waals surface area contributed by atoms with Gasteiger partial charge in [0.05, 0.1) is 55.7 Å². The quantitative estimate of drug-likeness (QED) is 0.0792. The van der Waals surface area contributed by atoms with E-state index in [0.717, 1.165) is 42.0 Å². The van der Waals surface area contributed by atoms with Crippen molar-refractivity contribution in [1.29, 1.82) is 42.1 Å². The van der Waals surface area contributed by atoms with E-state index in [-0.39, 0.29) is 96.3 Å². The number of hydrogen-bond donors (Lipinski definition) is 0. The van der Waals surface area contributed by atoms with Crippen LogP contribution in [0.3, 0.4) is 0 Å². The lowest BCUT2D eigenvalue weighted by Crippen LogP contribution is -2.36. The molecule has 37 heteroatoms. The van der Waals surface area contributed by atoms with E-state index in [1.165, 1.54) is 60.7 Å². The van der Waals surface area contributed by atoms with Crippen LogP contribution < -0.4 is 40.8 Å². The van der Waals surface area contributed by atoms with E-state index in [0.29, 0.717) is 68.4 Å². The Hall–Kier alpha value is -18.4. The number of fused-ring (bicyclic) bond motifs is 6. The van der Waals surface area contributed by atoms with E-state index in [4.69, 9.17) is 39.4 Å². The molecule has 0 radical (unpaired) electrons. The number of halogens is 21. The van der Waals surface area contributed by atoms with Gasteiger partial charge in [-0.3, -0.25) is 0 Å². The fourth-order valence-corrected chi connectivity index (χ4v) is 17.7. The molecule has 0 amide bonds. The topological polar surface area (TPSA) is 235 Å². The predicted molar refractivity (Wildman–Crippen MR) is 450 cm³/mol. The van der Waals surface area contributed by atoms with Gasteiger partial charge in [0, 0.05) is 57.7 Å². The summed E-state index contributed by atoms with van der Waals surface area (Å²) in [5.74, 6) is -3.75. The number of aryl methyl sites for hydroxylation is 3. The number of benzene rings is 9. The largest absolute Gasteiger partial charge is 0.573 e. The first-order valence-corrected chi connectivity index (χ1v) is 39.7. The van der Waals surface area contributed by atoms with Gasteiger partial charge < -0.3 is 9.47 Å². The van der Waals surface area contributed by atoms with Crippen LogP contribution in [-0.2, 0) is 69.4 Å². The molecule has 682 valence electrons. The van der Waals surface area contributed by atoms with Gasteiger partial charge in [0.1, 0.15) is 116 Å². The van der Waals surface area contributed by atoms with Crippen LogP contribution in [0.2, 0.25) is 0 Å². The highest BCUT2D eigenvalue weighted by Crippen LogP contribution is 2.50. The van der Waals surface area contributed by atoms with Crippen LogP contribution in [0.4, 0.5) is 92.2 Å². The molecule has 0 N–H and O–H groups in total. The molecule has 9 aromatic rings. The molecule has 9 aromatic carbocycles. The van der Waals surface area contributed by atoms with E-state index in [9.17, 15) is 108 Å². The molecule has 139 heavy (non-hydrogen) atoms. The lowest BCUT2D eigenvalue weighted by molar-refractivity contribution is -0.277. The van der Waals surface area contributed by atoms with Crippen LogP contribution in [0.1, 0.15) is 122 Å². The summed E-state index contributed by atoms with van der Waals surface area (Å²) in [7, 11) is 0. The van der Waals surface area contributed by atoms with Gasteiger partial charge in [-0.05, 0) is 186 Å². The highest BCUT2D eigenvalue weighted by Gasteiger charge is 2.51. The Kier molecular flexibility index (Phi) is 26.0. The number of rotatable bonds is 8. The molecular formula is C102H45F21N14O2. The summed E-state index contributed by atoms with van der Waals surface area (Å²) in [6.45, 7) is 50.5. The summed E-state index contributed by atoms with van der Waals surface area (Å²) >= 11 is 0. The highest BCUT2D eigenvalue weighted by atomic mass is 19.4. The van der Waals surface area contributed by atoms with E-state index >= 15 is 26.3 Å². The van der Waals surface area contributed by atoms with Crippen LogP contribution >= 0.6 is 0 Å². The van der Waals surface area contributed by atoms with Crippen molar-refractivity contribution in [3.05, 3.63) is 435 Å². The fraction of sp³-hybridized carbons (Fsp3) is 0.157. The van der Waals surface area contributed by atoms with Crippen molar-refractivity contribution in [2.24, 2.45) is 0 Å². The van der Waals surface area contributed by atoms with Gasteiger partial charge in [0.15, 0.2) is 0 Å². The first kappa shape index (κ1) is 98.1. The highest BCUT2D eigenvalue weighted by molar-refractivity contribution is 5.96. The van der Waals surface area contributed by atoms with Crippen LogP contribution in [0.25, 0.3) is 62.5 Å². The summed E-state index contributed by atoms with van der Waals surface area (Å²) < 4.78 is 306. The van der Waals surface area contributed by atoms with Crippen molar-refractivity contribution >= 4 is 33.4 Å². The van der Waals surface area contributed by atoms with Crippen LogP contribution in [0, 0.1) is 151 Å². The summed E-state index contributed by atoms with van der Waals surface area (Å²) in [5, 5.41) is 76.9. The van der Waals surface area contributed by atoms with Crippen LogP contribution in [0.5, 0.6) is 11.5 Å². The molecular weight excluding hydrogens is 1850 g/mol. The third kappa shape index (κ3) is 18.2. The predicted octanol–water partition coefficient (Wildman–Crippen LogP) is 21.3. The number of nitrogens with zero attached hydrogens (tertiary/aromatic N) is 14. The number of allylic oxidation sites excluding steroid dienone is 9. The zero-order chi connectivity index (χ0) is 102. The van der Waals surface area contributed by atoms with Crippen molar-refractivity contribution in [2.45, 2.75) is 103 Å². The minimum atomic E-state index is -5.50. The van der Waals surface area contributed by atoms with Crippen molar-refractivity contribution < 1.29 is 102 Å². The monoisotopic (exact) mass is 1900 g/mol. The molecule has 6 aliphatic carbocycles. The van der Waals surface area contributed by atoms with E-state index in [1.807, 2.05) is 31.2 Å². The average molecular weight is 1900 g/mol. The second-order valence-electron chi connectivity index (χ2n) is 31.0. The average Bonchev–Trinajstić information content (AvgIpc) is 1.55. The van der Waals surface area contributed by atoms with Gasteiger partial charge in [0.25, 0.3) is 0 Å². The molecule has 0 atom stereocenters. The summed E-state index contributed by atoms with van der Waals surface area (Å²) in [4.78, 5) is 19.3. The molecule has 0 saturated carbocycles. The van der Waals surface area contributed by atoms with Gasteiger partial charge in [-0.1, -0.05) is 126 Å². The molecule has 6 aliphatic rings. The van der Waals surface area contributed by atoms with Crippen molar-refractivity contribution in [1.82, 2.24) is 0 Å². The lowest BCUT2D eigenvalue weighted by Gasteiger charge is -2.19. The number of alkyl halides is 21. The minimum Gasteiger partial charge on any atom is -0.405 e. The number of ether oxygens (including phenoxy) is 2. The standard InChI is InChI=1S/C34H15F9N4O2.C34H15F9N4.C34H15F3N6/c1-16-4-6-17(7-5-16)26-24(31(46-2)47-3)13-23-28(26)29(48-33(38,39)40)22-12-21(19(14-44)15-45)25(27(22)30(23)49-34(41,42)43)18-8-10-20(11-9-18)32(35,36)37;1-16-4-6-17(7-5-16)26-24(31(46-2)47-3)13-23-28(26)29(33(38,39)40)22-12-21(19(14-44)15-45)25(27(22)30(23)34(41,42)43)18-8-10-20(11-9-18)32(35,36)37;1-18-4-6-19(7-5-18)30-26(33(42-2)43-3)13-25-28(17-41)31-24(27(16-40)32(25)30)12-23(21(14-38)15-39)29(31)20-8-10-22(11-9-20)34(35,36)37/h4-11H,12-13H2,1H3;4-11H,12-13H2,1H3;4-11H,12-13H2,1H3. The number of nitriles is 8. The molecule has 15 rings (SSSR count). The van der Waals surface area contributed by atoms with Crippen LogP contribution in [-0.4, -0.2) is 12.7 Å². The minimum absolute atomic E-state index is 0.00775. The third-order valence-corrected chi connectivity index (χ3v) is 23.2. The first-order valence-electron chi connectivity index (χ1n) is 39.7. The van der Waals surface area contributed by atoms with Crippen LogP contribution in [0.15, 0.2) is 213 Å². The Balaban J connectivity index is 0.000000176. The van der Waals surface area contributed by atoms with Crippen molar-refractivity contribution in [3.63, 3.8) is 0 Å². The Morgan fingerprint density at radius 3 is 0.698 bits per heavy atom. The van der Waals surface area contributed by atoms with E-state index in [1.54, 1.807) is 50.3 Å². The molecule has 0 saturated heterocycles. The second-order valence-corrected chi connectivity index (χ2v) is 31.0. The summed E-state index contributed by atoms with van der Waals surface area (Å²) in [6.07, 6.45) is -39.5. The SMILES string of the molecule is [C-]#[N+]C([N+]#[C-])=C1Cc2c(C#N)c3c(c(C#N)c2=C1c1ccc(C)cc1)CC(=C(C#N)C#N)C=3c1ccc(C(F)(F)F)cc1.[C-]#[N+]C([N+]#[C-])=C1Cc2c(C(F)(F)F)c3c(c(C(F)(F)F)c2=C1c1ccc(C)cc1)CC(=C(C#N)C#N)C=3c1ccc(C(F)(F)F)cc1.[C-]#[N+]C([N+]#[C-])=C1Cc2c(OC(F)(F)F)c3c(c(OC(F)(F)F)c2=C1c1ccc(C)cc1)CC(=C(C#N)C#N)C=3c1ccc(C(F)(F)F)cc1. The summed E-state index contributed by atoms with van der Waals surface area (Å²) in [6, 6.07) is 42.8. The maximum atomic E-state index is 15.3. The fourth-order valence-electron chi connectivity index (χ4n) is 17.7. The Morgan fingerprint density at radius 2 is 0.460 bits per heavy atom. The Morgan fingerprint density at radius 1 is 0.259 bits per heavy atom. The smallest absolute Gasteiger partial charge is 0.405 e. The lowest BCUT2D eigenvalue weighted by atomic mass is 9.90. The van der Waals surface area contributed by atoms with Gasteiger partial charge in [-0.15, -0.1) is 26.3 Å². The normalized spacial score (nSPS) is 13.7. The van der Waals surface area contributed by atoms with Crippen molar-refractivity contribution in [3.8, 4) is 60.1 Å². The molecule has 0 aromatic heterocycles. The molecule has 0 bridgehead atoms. The molecule has 0 heterocycles. The van der Waals surface area contributed by atoms with Gasteiger partial charge in [-0.2, -0.15) is 137 Å². The van der Waals surface area contributed by atoms with E-state index in [2.05, 4.69) is 50.7 Å². The van der Waals surface area contributed by atoms with Gasteiger partial charge >= 0.3 is 61.1 Å². The van der Waals surface area contributed by atoms with Gasteiger partial charge in [0.2, 0.25) is 0 Å². The Bertz CT molecular complexity index is 8150. The maximum Gasteiger partial charge on any atom is 0.573 e. The molecule has 0 spiro atoms. The zero-order valence-corrected chi connectivity index (χ0v) is 70.6. The second kappa shape index (κ2) is 36.9.